The van der Waals surface area contributed by atoms with E-state index in [4.69, 9.17) is 10.6 Å². The van der Waals surface area contributed by atoms with Crippen molar-refractivity contribution in [1.29, 1.82) is 0 Å². The number of nitrogens with one attached hydrogen (secondary N) is 1. The summed E-state index contributed by atoms with van der Waals surface area (Å²) in [6.07, 6.45) is 0.676. The van der Waals surface area contributed by atoms with E-state index in [1.807, 2.05) is 6.07 Å². The second-order valence-corrected chi connectivity index (χ2v) is 5.61. The second kappa shape index (κ2) is 7.21. The molecule has 0 unspecified atom stereocenters. The molecular formula is C17H17N5O3. The number of β-amino-alcohol motifs (C(OH)–C–C–N with tert-alkyl or cyclic N) is 1. The van der Waals surface area contributed by atoms with Crippen LogP contribution in [0.25, 0.3) is 21.2 Å². The molecule has 0 spiro atoms. The zero-order valence-electron chi connectivity index (χ0n) is 13.5. The van der Waals surface area contributed by atoms with E-state index in [0.717, 1.165) is 16.0 Å². The van der Waals surface area contributed by atoms with Gasteiger partial charge in [0.05, 0.1) is 13.2 Å². The highest BCUT2D eigenvalue weighted by Gasteiger charge is 2.32. The Bertz CT molecular complexity index is 867. The van der Waals surface area contributed by atoms with Gasteiger partial charge in [-0.05, 0) is 30.2 Å². The van der Waals surface area contributed by atoms with Crippen LogP contribution in [-0.4, -0.2) is 48.1 Å². The first-order valence-corrected chi connectivity index (χ1v) is 7.96. The number of rotatable bonds is 7. The number of nitrogens with zero attached hydrogens (tertiary/aromatic N) is 4. The van der Waals surface area contributed by atoms with E-state index in [0.29, 0.717) is 36.0 Å². The fraction of sp³-hybridized carbons (Fsp3) is 0.294. The lowest BCUT2D eigenvalue weighted by Crippen LogP contribution is -2.41. The Morgan fingerprint density at radius 3 is 2.64 bits per heavy atom. The number of anilines is 1. The van der Waals surface area contributed by atoms with Crippen LogP contribution < -0.4 is 5.32 Å². The number of amides is 2. The first kappa shape index (κ1) is 16.8. The SMILES string of the molecule is [N-]=[N+]=NCCCNc1ccc2c3c(cccc13)C(=O)N(CCO)C2=O. The molecule has 0 saturated carbocycles. The van der Waals surface area contributed by atoms with Gasteiger partial charge in [0.15, 0.2) is 0 Å². The maximum atomic E-state index is 12.6. The van der Waals surface area contributed by atoms with Gasteiger partial charge in [0.2, 0.25) is 0 Å². The summed E-state index contributed by atoms with van der Waals surface area (Å²) in [4.78, 5) is 28.9. The van der Waals surface area contributed by atoms with Gasteiger partial charge in [-0.15, -0.1) is 0 Å². The largest absolute Gasteiger partial charge is 0.395 e. The predicted octanol–water partition coefficient (Wildman–Crippen LogP) is 2.54. The highest BCUT2D eigenvalue weighted by Crippen LogP contribution is 2.34. The summed E-state index contributed by atoms with van der Waals surface area (Å²) in [6.45, 7) is 0.717. The summed E-state index contributed by atoms with van der Waals surface area (Å²) >= 11 is 0. The molecule has 25 heavy (non-hydrogen) atoms. The molecule has 1 heterocycles. The lowest BCUT2D eigenvalue weighted by molar-refractivity contribution is 0.0580. The van der Waals surface area contributed by atoms with E-state index in [-0.39, 0.29) is 13.2 Å². The van der Waals surface area contributed by atoms with Crippen LogP contribution in [0, 0.1) is 0 Å². The average Bonchev–Trinajstić information content (AvgIpc) is 2.63. The molecule has 0 radical (unpaired) electrons. The van der Waals surface area contributed by atoms with Gasteiger partial charge in [-0.25, -0.2) is 0 Å². The van der Waals surface area contributed by atoms with Crippen molar-refractivity contribution in [2.24, 2.45) is 5.11 Å². The van der Waals surface area contributed by atoms with Gasteiger partial charge in [-0.1, -0.05) is 17.2 Å². The zero-order chi connectivity index (χ0) is 17.8. The number of benzene rings is 2. The number of aliphatic hydroxyl groups excluding tert-OH is 1. The summed E-state index contributed by atoms with van der Waals surface area (Å²) in [5.41, 5.74) is 10.0. The number of azide groups is 1. The molecule has 8 nitrogen and oxygen atoms in total. The minimum Gasteiger partial charge on any atom is -0.395 e. The third-order valence-electron chi connectivity index (χ3n) is 4.13. The molecular weight excluding hydrogens is 322 g/mol. The van der Waals surface area contributed by atoms with E-state index < -0.39 is 11.8 Å². The fourth-order valence-electron chi connectivity index (χ4n) is 3.02. The van der Waals surface area contributed by atoms with Crippen molar-refractivity contribution in [3.8, 4) is 0 Å². The van der Waals surface area contributed by atoms with Gasteiger partial charge in [0.25, 0.3) is 11.8 Å². The number of hydrogen-bond donors (Lipinski definition) is 2. The molecule has 1 aliphatic heterocycles. The molecule has 2 N–H and O–H groups in total. The molecule has 0 saturated heterocycles. The van der Waals surface area contributed by atoms with Gasteiger partial charge in [-0.3, -0.25) is 14.5 Å². The summed E-state index contributed by atoms with van der Waals surface area (Å²) in [7, 11) is 0. The van der Waals surface area contributed by atoms with Crippen LogP contribution in [0.2, 0.25) is 0 Å². The molecule has 128 valence electrons. The van der Waals surface area contributed by atoms with Crippen LogP contribution in [0.15, 0.2) is 35.4 Å². The van der Waals surface area contributed by atoms with E-state index >= 15 is 0 Å². The predicted molar refractivity (Wildman–Crippen MR) is 93.5 cm³/mol. The lowest BCUT2D eigenvalue weighted by Gasteiger charge is -2.27. The minimum atomic E-state index is -0.391. The van der Waals surface area contributed by atoms with E-state index in [2.05, 4.69) is 15.3 Å². The van der Waals surface area contributed by atoms with Gasteiger partial charge < -0.3 is 10.4 Å². The summed E-state index contributed by atoms with van der Waals surface area (Å²) in [6, 6.07) is 8.83. The normalized spacial score (nSPS) is 13.1. The standard InChI is InChI=1S/C17H17N5O3/c18-21-20-8-2-7-19-14-6-5-13-15-11(14)3-1-4-12(15)16(24)22(9-10-23)17(13)25/h1,3-6,19,23H,2,7-10H2. The smallest absolute Gasteiger partial charge is 0.261 e. The third-order valence-corrected chi connectivity index (χ3v) is 4.13. The minimum absolute atomic E-state index is 0.0209. The van der Waals surface area contributed by atoms with E-state index in [1.54, 1.807) is 24.3 Å². The van der Waals surface area contributed by atoms with Crippen molar-refractivity contribution in [3.05, 3.63) is 51.9 Å². The van der Waals surface area contributed by atoms with Gasteiger partial charge >= 0.3 is 0 Å². The summed E-state index contributed by atoms with van der Waals surface area (Å²) < 4.78 is 0. The molecule has 0 aromatic heterocycles. The van der Waals surface area contributed by atoms with Crippen LogP contribution >= 0.6 is 0 Å². The first-order valence-electron chi connectivity index (χ1n) is 7.96. The summed E-state index contributed by atoms with van der Waals surface area (Å²) in [5, 5.41) is 17.3. The Morgan fingerprint density at radius 2 is 1.92 bits per heavy atom. The number of carbonyl (C=O) groups excluding carboxylic acids is 2. The van der Waals surface area contributed by atoms with E-state index in [1.165, 1.54) is 0 Å². The maximum Gasteiger partial charge on any atom is 0.261 e. The van der Waals surface area contributed by atoms with Crippen LogP contribution in [0.4, 0.5) is 5.69 Å². The van der Waals surface area contributed by atoms with E-state index in [9.17, 15) is 9.59 Å². The number of hydrogen-bond acceptors (Lipinski definition) is 5. The number of aliphatic hydroxyl groups is 1. The highest BCUT2D eigenvalue weighted by atomic mass is 16.3. The Labute approximate surface area is 143 Å². The molecule has 3 rings (SSSR count). The van der Waals surface area contributed by atoms with Gasteiger partial charge in [0.1, 0.15) is 0 Å². The van der Waals surface area contributed by atoms with Crippen molar-refractivity contribution in [2.45, 2.75) is 6.42 Å². The van der Waals surface area contributed by atoms with Crippen molar-refractivity contribution >= 4 is 28.3 Å². The zero-order valence-corrected chi connectivity index (χ0v) is 13.5. The fourth-order valence-corrected chi connectivity index (χ4v) is 3.02. The number of carbonyl (C=O) groups is 2. The summed E-state index contributed by atoms with van der Waals surface area (Å²) in [5.74, 6) is -0.782. The van der Waals surface area contributed by atoms with Crippen molar-refractivity contribution in [1.82, 2.24) is 4.90 Å². The molecule has 2 aromatic carbocycles. The molecule has 2 aromatic rings. The van der Waals surface area contributed by atoms with Crippen molar-refractivity contribution in [3.63, 3.8) is 0 Å². The molecule has 1 aliphatic rings. The molecule has 8 heteroatoms. The van der Waals surface area contributed by atoms with Gasteiger partial charge in [-0.2, -0.15) is 0 Å². The maximum absolute atomic E-state index is 12.6. The lowest BCUT2D eigenvalue weighted by atomic mass is 9.93. The Kier molecular flexibility index (Phi) is 4.83. The van der Waals surface area contributed by atoms with Crippen LogP contribution in [-0.2, 0) is 0 Å². The van der Waals surface area contributed by atoms with Crippen LogP contribution in [0.5, 0.6) is 0 Å². The Balaban J connectivity index is 1.98. The van der Waals surface area contributed by atoms with Gasteiger partial charge in [0, 0.05) is 45.6 Å². The first-order chi connectivity index (χ1) is 12.2. The molecule has 0 fully saturated rings. The van der Waals surface area contributed by atoms with Crippen molar-refractivity contribution < 1.29 is 14.7 Å². The monoisotopic (exact) mass is 339 g/mol. The molecule has 0 aliphatic carbocycles. The highest BCUT2D eigenvalue weighted by molar-refractivity contribution is 6.26. The topological polar surface area (TPSA) is 118 Å². The third kappa shape index (κ3) is 3.00. The number of imide groups is 1. The molecule has 0 atom stereocenters. The Morgan fingerprint density at radius 1 is 1.16 bits per heavy atom. The van der Waals surface area contributed by atoms with Crippen molar-refractivity contribution in [2.75, 3.05) is 31.6 Å². The molecule has 2 amide bonds. The second-order valence-electron chi connectivity index (χ2n) is 5.61. The van der Waals surface area contributed by atoms with Crippen LogP contribution in [0.1, 0.15) is 27.1 Å². The average molecular weight is 339 g/mol. The Hall–Kier alpha value is -3.09. The van der Waals surface area contributed by atoms with Crippen LogP contribution in [0.3, 0.4) is 0 Å². The molecule has 0 bridgehead atoms. The quantitative estimate of drug-likeness (QED) is 0.265.